The van der Waals surface area contributed by atoms with E-state index in [0.29, 0.717) is 10.8 Å². The number of amides is 1. The highest BCUT2D eigenvalue weighted by molar-refractivity contribution is 7.93. The van der Waals surface area contributed by atoms with Gasteiger partial charge in [0.2, 0.25) is 11.8 Å². The summed E-state index contributed by atoms with van der Waals surface area (Å²) in [7, 11) is -3.76. The van der Waals surface area contributed by atoms with Crippen molar-refractivity contribution in [3.05, 3.63) is 53.9 Å². The van der Waals surface area contributed by atoms with E-state index in [1.807, 2.05) is 25.1 Å². The van der Waals surface area contributed by atoms with Gasteiger partial charge in [0.05, 0.1) is 15.9 Å². The number of para-hydroxylation sites is 2. The molecule has 0 spiro atoms. The van der Waals surface area contributed by atoms with Crippen LogP contribution in [0, 0.1) is 6.92 Å². The zero-order valence-electron chi connectivity index (χ0n) is 14.4. The Balaban J connectivity index is 1.51. The number of carbonyl (C=O) groups excluding carboxylic acids is 1. The largest absolute Gasteiger partial charge is 0.297 e. The van der Waals surface area contributed by atoms with Crippen LogP contribution in [-0.4, -0.2) is 34.1 Å². The lowest BCUT2D eigenvalue weighted by Crippen LogP contribution is -2.23. The van der Waals surface area contributed by atoms with Crippen LogP contribution in [-0.2, 0) is 10.0 Å². The second-order valence-electron chi connectivity index (χ2n) is 6.14. The molecule has 9 nitrogen and oxygen atoms in total. The van der Waals surface area contributed by atoms with Crippen molar-refractivity contribution in [1.82, 2.24) is 19.7 Å². The maximum atomic E-state index is 12.6. The highest BCUT2D eigenvalue weighted by atomic mass is 32.2. The van der Waals surface area contributed by atoms with E-state index in [0.717, 1.165) is 15.8 Å². The van der Waals surface area contributed by atoms with Gasteiger partial charge < -0.3 is 0 Å². The lowest BCUT2D eigenvalue weighted by molar-refractivity contribution is 0.101. The van der Waals surface area contributed by atoms with Crippen molar-refractivity contribution >= 4 is 48.6 Å². The number of aryl methyl sites for hydroxylation is 1. The van der Waals surface area contributed by atoms with Gasteiger partial charge in [-0.2, -0.15) is 9.67 Å². The average molecular weight is 412 g/mol. The molecule has 0 saturated carbocycles. The molecule has 0 unspecified atom stereocenters. The first kappa shape index (κ1) is 16.8. The van der Waals surface area contributed by atoms with E-state index in [1.165, 1.54) is 22.1 Å². The molecule has 2 aromatic heterocycles. The molecule has 2 N–H and O–H groups in total. The van der Waals surface area contributed by atoms with Crippen LogP contribution < -0.4 is 10.0 Å². The third kappa shape index (κ3) is 2.55. The van der Waals surface area contributed by atoms with Crippen molar-refractivity contribution in [1.29, 1.82) is 0 Å². The van der Waals surface area contributed by atoms with Gasteiger partial charge in [-0.05, 0) is 30.7 Å². The summed E-state index contributed by atoms with van der Waals surface area (Å²) in [6.45, 7) is 1.95. The second kappa shape index (κ2) is 5.84. The molecule has 0 radical (unpaired) electrons. The van der Waals surface area contributed by atoms with Crippen molar-refractivity contribution < 1.29 is 13.2 Å². The number of fused-ring (bicyclic) bond motifs is 4. The molecule has 4 aromatic rings. The fourth-order valence-electron chi connectivity index (χ4n) is 2.97. The summed E-state index contributed by atoms with van der Waals surface area (Å²) in [4.78, 5) is 21.1. The zero-order valence-corrected chi connectivity index (χ0v) is 16.0. The number of rotatable bonds is 2. The molecular weight excluding hydrogens is 400 g/mol. The number of sulfonamides is 1. The quantitative estimate of drug-likeness (QED) is 0.522. The molecule has 5 rings (SSSR count). The van der Waals surface area contributed by atoms with Crippen LogP contribution in [0.3, 0.4) is 0 Å². The SMILES string of the molecule is Cc1cccc2sc(NC(=O)c3nc4n(n3)-c3ccccc3S(=O)(=O)N4)nc12. The molecule has 0 atom stereocenters. The minimum Gasteiger partial charge on any atom is -0.295 e. The summed E-state index contributed by atoms with van der Waals surface area (Å²) in [5.74, 6) is -0.773. The van der Waals surface area contributed by atoms with Gasteiger partial charge in [-0.15, -0.1) is 5.10 Å². The Hall–Kier alpha value is -3.31. The predicted octanol–water partition coefficient (Wildman–Crippen LogP) is 2.55. The monoisotopic (exact) mass is 412 g/mol. The minimum atomic E-state index is -3.76. The van der Waals surface area contributed by atoms with Gasteiger partial charge in [0.15, 0.2) is 5.13 Å². The van der Waals surface area contributed by atoms with Crippen molar-refractivity contribution in [2.24, 2.45) is 0 Å². The Morgan fingerprint density at radius 1 is 1.14 bits per heavy atom. The normalized spacial score (nSPS) is 14.2. The maximum absolute atomic E-state index is 12.6. The van der Waals surface area contributed by atoms with Gasteiger partial charge in [0.1, 0.15) is 4.90 Å². The molecule has 1 aliphatic rings. The molecular formula is C17H12N6O3S2. The van der Waals surface area contributed by atoms with Crippen LogP contribution in [0.2, 0.25) is 0 Å². The highest BCUT2D eigenvalue weighted by Crippen LogP contribution is 2.30. The van der Waals surface area contributed by atoms with Gasteiger partial charge in [-0.3, -0.25) is 10.1 Å². The summed E-state index contributed by atoms with van der Waals surface area (Å²) in [5, 5.41) is 7.27. The Bertz CT molecular complexity index is 1370. The van der Waals surface area contributed by atoms with Crippen molar-refractivity contribution in [3.8, 4) is 5.69 Å². The number of nitrogens with one attached hydrogen (secondary N) is 2. The van der Waals surface area contributed by atoms with E-state index in [-0.39, 0.29) is 16.7 Å². The summed E-state index contributed by atoms with van der Waals surface area (Å²) in [6, 6.07) is 12.2. The maximum Gasteiger partial charge on any atom is 0.297 e. The van der Waals surface area contributed by atoms with Crippen LogP contribution in [0.4, 0.5) is 11.1 Å². The number of nitrogens with zero attached hydrogens (tertiary/aromatic N) is 4. The molecule has 2 aromatic carbocycles. The molecule has 0 bridgehead atoms. The molecule has 0 fully saturated rings. The van der Waals surface area contributed by atoms with E-state index in [4.69, 9.17) is 0 Å². The van der Waals surface area contributed by atoms with Gasteiger partial charge in [-0.1, -0.05) is 35.6 Å². The Morgan fingerprint density at radius 3 is 2.79 bits per heavy atom. The van der Waals surface area contributed by atoms with Gasteiger partial charge in [0.25, 0.3) is 15.9 Å². The molecule has 0 aliphatic carbocycles. The summed E-state index contributed by atoms with van der Waals surface area (Å²) in [5.41, 5.74) is 2.16. The number of hydrogen-bond acceptors (Lipinski definition) is 7. The lowest BCUT2D eigenvalue weighted by atomic mass is 10.2. The second-order valence-corrected chi connectivity index (χ2v) is 8.82. The number of hydrogen-bond donors (Lipinski definition) is 2. The third-order valence-electron chi connectivity index (χ3n) is 4.26. The highest BCUT2D eigenvalue weighted by Gasteiger charge is 2.31. The standard InChI is InChI=1S/C17H12N6O3S2/c1-9-5-4-7-11-13(9)18-17(27-11)20-15(24)14-19-16-22-28(25,26)12-8-3-2-6-10(12)23(16)21-14/h2-8H,1H3,(H,18,20,24)(H,19,21,22). The summed E-state index contributed by atoms with van der Waals surface area (Å²) >= 11 is 1.34. The smallest absolute Gasteiger partial charge is 0.295 e. The van der Waals surface area contributed by atoms with Gasteiger partial charge in [-0.25, -0.2) is 18.1 Å². The first-order valence-corrected chi connectivity index (χ1v) is 10.5. The van der Waals surface area contributed by atoms with Gasteiger partial charge in [0, 0.05) is 0 Å². The molecule has 1 amide bonds. The van der Waals surface area contributed by atoms with Crippen LogP contribution >= 0.6 is 11.3 Å². The molecule has 11 heteroatoms. The minimum absolute atomic E-state index is 0.0380. The first-order valence-electron chi connectivity index (χ1n) is 8.19. The molecule has 3 heterocycles. The molecule has 28 heavy (non-hydrogen) atoms. The third-order valence-corrected chi connectivity index (χ3v) is 6.57. The summed E-state index contributed by atoms with van der Waals surface area (Å²) < 4.78 is 29.3. The number of anilines is 2. The van der Waals surface area contributed by atoms with E-state index in [1.54, 1.807) is 18.2 Å². The Kier molecular flexibility index (Phi) is 3.51. The Labute approximate surface area is 163 Å². The van der Waals surface area contributed by atoms with Crippen LogP contribution in [0.1, 0.15) is 16.2 Å². The van der Waals surface area contributed by atoms with E-state index in [2.05, 4.69) is 25.1 Å². The van der Waals surface area contributed by atoms with E-state index < -0.39 is 15.9 Å². The lowest BCUT2D eigenvalue weighted by Gasteiger charge is -2.17. The number of carbonyl (C=O) groups is 1. The van der Waals surface area contributed by atoms with Crippen molar-refractivity contribution in [3.63, 3.8) is 0 Å². The van der Waals surface area contributed by atoms with Crippen LogP contribution in [0.25, 0.3) is 15.9 Å². The summed E-state index contributed by atoms with van der Waals surface area (Å²) in [6.07, 6.45) is 0. The molecule has 1 aliphatic heterocycles. The Morgan fingerprint density at radius 2 is 1.96 bits per heavy atom. The topological polar surface area (TPSA) is 119 Å². The average Bonchev–Trinajstić information content (AvgIpc) is 3.26. The predicted molar refractivity (Wildman–Crippen MR) is 104 cm³/mol. The van der Waals surface area contributed by atoms with Crippen LogP contribution in [0.15, 0.2) is 47.4 Å². The van der Waals surface area contributed by atoms with E-state index >= 15 is 0 Å². The molecule has 140 valence electrons. The van der Waals surface area contributed by atoms with Gasteiger partial charge >= 0.3 is 0 Å². The number of aromatic nitrogens is 4. The fourth-order valence-corrected chi connectivity index (χ4v) is 5.08. The van der Waals surface area contributed by atoms with Crippen LogP contribution in [0.5, 0.6) is 0 Å². The number of benzene rings is 2. The molecule has 0 saturated heterocycles. The van der Waals surface area contributed by atoms with Crippen molar-refractivity contribution in [2.75, 3.05) is 10.0 Å². The number of thiazole rings is 1. The first-order chi connectivity index (χ1) is 13.4. The zero-order chi connectivity index (χ0) is 19.5. The van der Waals surface area contributed by atoms with Crippen molar-refractivity contribution in [2.45, 2.75) is 11.8 Å². The van der Waals surface area contributed by atoms with E-state index in [9.17, 15) is 13.2 Å². The fraction of sp³-hybridized carbons (Fsp3) is 0.0588.